The van der Waals surface area contributed by atoms with Crippen LogP contribution < -0.4 is 0 Å². The molecule has 0 aliphatic carbocycles. The largest absolute Gasteiger partial charge is 0.462 e. The van der Waals surface area contributed by atoms with Crippen molar-refractivity contribution in [2.24, 2.45) is 37.8 Å². The zero-order valence-corrected chi connectivity index (χ0v) is 32.4. The van der Waals surface area contributed by atoms with Gasteiger partial charge in [-0.15, -0.1) is 0 Å². The molecule has 294 valence electrons. The topological polar surface area (TPSA) is 141 Å². The van der Waals surface area contributed by atoms with Gasteiger partial charge in [-0.1, -0.05) is 74.5 Å². The molecule has 3 aromatic carbocycles. The lowest BCUT2D eigenvalue weighted by Gasteiger charge is -2.25. The van der Waals surface area contributed by atoms with E-state index in [-0.39, 0.29) is 50.2 Å². The van der Waals surface area contributed by atoms with Crippen LogP contribution in [0.15, 0.2) is 110 Å². The lowest BCUT2D eigenvalue weighted by Crippen LogP contribution is -2.31. The summed E-state index contributed by atoms with van der Waals surface area (Å²) in [5, 5.41) is 0. The smallest absolute Gasteiger partial charge is 0.338 e. The van der Waals surface area contributed by atoms with Gasteiger partial charge in [-0.2, -0.15) is 0 Å². The van der Waals surface area contributed by atoms with Gasteiger partial charge in [0.25, 0.3) is 0 Å². The van der Waals surface area contributed by atoms with E-state index in [2.05, 4.69) is 9.97 Å². The molecule has 0 bridgehead atoms. The molecule has 12 heteroatoms. The van der Waals surface area contributed by atoms with Crippen LogP contribution in [-0.4, -0.2) is 56.2 Å². The molecule has 5 rings (SSSR count). The summed E-state index contributed by atoms with van der Waals surface area (Å²) in [4.78, 5) is 60.9. The molecule has 0 aliphatic heterocycles. The third kappa shape index (κ3) is 11.5. The molecular weight excluding hydrogens is 713 g/mol. The summed E-state index contributed by atoms with van der Waals surface area (Å²) >= 11 is 0. The van der Waals surface area contributed by atoms with Crippen molar-refractivity contribution in [2.75, 3.05) is 13.2 Å². The second-order valence-electron chi connectivity index (χ2n) is 13.9. The highest BCUT2D eigenvalue weighted by molar-refractivity contribution is 5.89. The lowest BCUT2D eigenvalue weighted by atomic mass is 9.87. The van der Waals surface area contributed by atoms with E-state index in [0.29, 0.717) is 36.8 Å². The summed E-state index contributed by atoms with van der Waals surface area (Å²) in [6.07, 6.45) is 8.81. The third-order valence-corrected chi connectivity index (χ3v) is 10.1. The maximum absolute atomic E-state index is 13.5. The quantitative estimate of drug-likeness (QED) is 0.0620. The number of carbonyl (C=O) groups is 4. The van der Waals surface area contributed by atoms with Crippen molar-refractivity contribution >= 4 is 23.9 Å². The standard InChI is InChI=1S/C44H50N4O8/c1-5-39(35(21-37-23-45-29-47(37)3)27-55-41(49)33-13-9-7-10-14-33)43(51)53-25-31-17-19-32(20-18-31)26-54-44(52)40(6-2)36(22-38-24-46-30-48(38)4)28-56-42(50)34-15-11-8-12-16-34/h7-20,23-24,29-30,35-36,39-40H,5-6,21-22,25-28H2,1-4H3/t35-,36-,39-,40-/m0/s1. The number of rotatable bonds is 20. The molecule has 0 saturated heterocycles. The van der Waals surface area contributed by atoms with E-state index in [1.807, 2.05) is 73.5 Å². The van der Waals surface area contributed by atoms with Crippen LogP contribution in [0.3, 0.4) is 0 Å². The highest BCUT2D eigenvalue weighted by Gasteiger charge is 2.32. The van der Waals surface area contributed by atoms with Gasteiger partial charge in [0.1, 0.15) is 13.2 Å². The first-order valence-corrected chi connectivity index (χ1v) is 18.9. The highest BCUT2D eigenvalue weighted by Crippen LogP contribution is 2.26. The van der Waals surface area contributed by atoms with Crippen molar-refractivity contribution in [3.05, 3.63) is 144 Å². The SMILES string of the molecule is CC[C@H](C(=O)OCc1ccc(COC(=O)[C@@H](CC)[C@H](COC(=O)c2ccccc2)Cc2cncn2C)cc1)[C@H](COC(=O)c1ccccc1)Cc1cncn1C. The van der Waals surface area contributed by atoms with E-state index in [1.54, 1.807) is 73.6 Å². The molecule has 0 radical (unpaired) electrons. The van der Waals surface area contributed by atoms with Gasteiger partial charge in [-0.3, -0.25) is 9.59 Å². The van der Waals surface area contributed by atoms with E-state index >= 15 is 0 Å². The second-order valence-corrected chi connectivity index (χ2v) is 13.9. The lowest BCUT2D eigenvalue weighted by molar-refractivity contribution is -0.153. The third-order valence-electron chi connectivity index (χ3n) is 10.1. The Hall–Kier alpha value is -6.04. The molecule has 0 amide bonds. The van der Waals surface area contributed by atoms with Crippen LogP contribution in [0.5, 0.6) is 0 Å². The molecule has 56 heavy (non-hydrogen) atoms. The summed E-state index contributed by atoms with van der Waals surface area (Å²) in [5.41, 5.74) is 4.24. The molecule has 0 spiro atoms. The number of imidazole rings is 2. The molecule has 2 heterocycles. The van der Waals surface area contributed by atoms with Gasteiger partial charge in [0.15, 0.2) is 0 Å². The average molecular weight is 763 g/mol. The predicted molar refractivity (Wildman–Crippen MR) is 208 cm³/mol. The van der Waals surface area contributed by atoms with Crippen molar-refractivity contribution in [3.8, 4) is 0 Å². The fourth-order valence-electron chi connectivity index (χ4n) is 6.65. The molecule has 2 aromatic heterocycles. The van der Waals surface area contributed by atoms with Crippen LogP contribution in [0.25, 0.3) is 0 Å². The summed E-state index contributed by atoms with van der Waals surface area (Å²) < 4.78 is 26.8. The fourth-order valence-corrected chi connectivity index (χ4v) is 6.65. The molecular formula is C44H50N4O8. The molecule has 0 N–H and O–H groups in total. The highest BCUT2D eigenvalue weighted by atomic mass is 16.5. The Morgan fingerprint density at radius 3 is 1.25 bits per heavy atom. The number of esters is 4. The summed E-state index contributed by atoms with van der Waals surface area (Å²) in [5.74, 6) is -3.38. The van der Waals surface area contributed by atoms with E-state index in [4.69, 9.17) is 18.9 Å². The molecule has 0 unspecified atom stereocenters. The zero-order chi connectivity index (χ0) is 39.9. The Morgan fingerprint density at radius 1 is 0.554 bits per heavy atom. The number of benzene rings is 3. The first-order chi connectivity index (χ1) is 27.2. The summed E-state index contributed by atoms with van der Waals surface area (Å²) in [6, 6.07) is 24.8. The van der Waals surface area contributed by atoms with Gasteiger partial charge in [0.2, 0.25) is 0 Å². The molecule has 0 saturated carbocycles. The molecule has 0 fully saturated rings. The Bertz CT molecular complexity index is 1860. The van der Waals surface area contributed by atoms with Crippen molar-refractivity contribution in [1.29, 1.82) is 0 Å². The van der Waals surface area contributed by atoms with E-state index in [0.717, 1.165) is 22.5 Å². The molecule has 0 aliphatic rings. The zero-order valence-electron chi connectivity index (χ0n) is 32.4. The number of nitrogens with zero attached hydrogens (tertiary/aromatic N) is 4. The Morgan fingerprint density at radius 2 is 0.929 bits per heavy atom. The van der Waals surface area contributed by atoms with Crippen LogP contribution in [0.1, 0.15) is 69.9 Å². The number of aryl methyl sites for hydroxylation is 2. The molecule has 4 atom stereocenters. The minimum Gasteiger partial charge on any atom is -0.462 e. The minimum atomic E-state index is -0.526. The van der Waals surface area contributed by atoms with Gasteiger partial charge >= 0.3 is 23.9 Å². The van der Waals surface area contributed by atoms with Gasteiger partial charge < -0.3 is 28.1 Å². The van der Waals surface area contributed by atoms with Crippen molar-refractivity contribution in [2.45, 2.75) is 52.7 Å². The van der Waals surface area contributed by atoms with Crippen molar-refractivity contribution < 1.29 is 38.1 Å². The van der Waals surface area contributed by atoms with Crippen LogP contribution >= 0.6 is 0 Å². The maximum atomic E-state index is 13.5. The van der Waals surface area contributed by atoms with E-state index in [9.17, 15) is 19.2 Å². The van der Waals surface area contributed by atoms with Crippen molar-refractivity contribution in [1.82, 2.24) is 19.1 Å². The van der Waals surface area contributed by atoms with Crippen molar-refractivity contribution in [3.63, 3.8) is 0 Å². The van der Waals surface area contributed by atoms with Crippen LogP contribution in [0.4, 0.5) is 0 Å². The number of hydrogen-bond donors (Lipinski definition) is 0. The molecule has 5 aromatic rings. The van der Waals surface area contributed by atoms with Gasteiger partial charge in [0, 0.05) is 49.7 Å². The Balaban J connectivity index is 1.16. The fraction of sp³-hybridized carbons (Fsp3) is 0.364. The Labute approximate surface area is 327 Å². The molecule has 12 nitrogen and oxygen atoms in total. The second kappa shape index (κ2) is 20.6. The number of ether oxygens (including phenoxy) is 4. The maximum Gasteiger partial charge on any atom is 0.338 e. The number of aromatic nitrogens is 4. The summed E-state index contributed by atoms with van der Waals surface area (Å²) in [7, 11) is 3.77. The van der Waals surface area contributed by atoms with Crippen LogP contribution in [0, 0.1) is 23.7 Å². The first-order valence-electron chi connectivity index (χ1n) is 18.9. The van der Waals surface area contributed by atoms with Crippen LogP contribution in [-0.2, 0) is 68.7 Å². The van der Waals surface area contributed by atoms with E-state index < -0.39 is 23.8 Å². The monoisotopic (exact) mass is 762 g/mol. The first kappa shape index (κ1) is 41.1. The van der Waals surface area contributed by atoms with Crippen LogP contribution in [0.2, 0.25) is 0 Å². The number of hydrogen-bond acceptors (Lipinski definition) is 10. The number of carbonyl (C=O) groups excluding carboxylic acids is 4. The normalized spacial score (nSPS) is 13.2. The Kier molecular flexibility index (Phi) is 15.1. The predicted octanol–water partition coefficient (Wildman–Crippen LogP) is 6.72. The van der Waals surface area contributed by atoms with Gasteiger partial charge in [-0.05, 0) is 61.1 Å². The summed E-state index contributed by atoms with van der Waals surface area (Å²) in [6.45, 7) is 4.01. The van der Waals surface area contributed by atoms with Gasteiger partial charge in [-0.25, -0.2) is 19.6 Å². The van der Waals surface area contributed by atoms with E-state index in [1.165, 1.54) is 0 Å². The minimum absolute atomic E-state index is 0.0434. The van der Waals surface area contributed by atoms with Gasteiger partial charge in [0.05, 0.1) is 48.8 Å². The average Bonchev–Trinajstić information content (AvgIpc) is 3.84.